The first-order valence-electron chi connectivity index (χ1n) is 6.75. The zero-order chi connectivity index (χ0) is 14.3. The van der Waals surface area contributed by atoms with E-state index in [1.165, 1.54) is 0 Å². The highest BCUT2D eigenvalue weighted by atomic mass is 35.5. The van der Waals surface area contributed by atoms with Crippen molar-refractivity contribution in [3.8, 4) is 22.9 Å². The van der Waals surface area contributed by atoms with Crippen LogP contribution >= 0.6 is 12.4 Å². The lowest BCUT2D eigenvalue weighted by atomic mass is 9.77. The molecule has 0 radical (unpaired) electrons. The average molecular weight is 320 g/mol. The lowest BCUT2D eigenvalue weighted by Crippen LogP contribution is -2.44. The Hall–Kier alpha value is -2.25. The minimum atomic E-state index is -0.447. The molecule has 0 atom stereocenters. The quantitative estimate of drug-likeness (QED) is 0.791. The Kier molecular flexibility index (Phi) is 3.67. The predicted molar refractivity (Wildman–Crippen MR) is 80.0 cm³/mol. The second-order valence-electron chi connectivity index (χ2n) is 5.25. The van der Waals surface area contributed by atoms with Gasteiger partial charge >= 0.3 is 0 Å². The zero-order valence-corrected chi connectivity index (χ0v) is 12.4. The van der Waals surface area contributed by atoms with Gasteiger partial charge in [-0.2, -0.15) is 4.98 Å². The smallest absolute Gasteiger partial charge is 0.280 e. The topological polar surface area (TPSA) is 104 Å². The molecule has 22 heavy (non-hydrogen) atoms. The highest BCUT2D eigenvalue weighted by molar-refractivity contribution is 5.85. The van der Waals surface area contributed by atoms with E-state index >= 15 is 0 Å². The Balaban J connectivity index is 0.00000144. The highest BCUT2D eigenvalue weighted by Gasteiger charge is 2.39. The van der Waals surface area contributed by atoms with Crippen LogP contribution in [0.25, 0.3) is 22.9 Å². The number of aromatic nitrogens is 4. The predicted octanol–water partition coefficient (Wildman–Crippen LogP) is 2.55. The summed E-state index contributed by atoms with van der Waals surface area (Å²) in [5.74, 6) is 1.46. The molecule has 3 aromatic heterocycles. The number of halogens is 1. The van der Waals surface area contributed by atoms with Crippen LogP contribution in [0.1, 0.15) is 25.1 Å². The molecule has 3 aromatic rings. The minimum Gasteiger partial charge on any atom is -0.355 e. The number of pyridine rings is 1. The molecule has 0 unspecified atom stereocenters. The van der Waals surface area contributed by atoms with Gasteiger partial charge in [0.25, 0.3) is 5.89 Å². The molecule has 0 saturated heterocycles. The van der Waals surface area contributed by atoms with Gasteiger partial charge in [-0.3, -0.25) is 4.98 Å². The maximum atomic E-state index is 6.17. The Labute approximate surface area is 132 Å². The SMILES string of the molecule is Cl.NC1(c2noc(-c3cc(-c4cccnc4)on3)n2)CCC1. The molecular weight excluding hydrogens is 306 g/mol. The van der Waals surface area contributed by atoms with E-state index in [4.69, 9.17) is 14.8 Å². The van der Waals surface area contributed by atoms with Gasteiger partial charge in [-0.25, -0.2) is 0 Å². The van der Waals surface area contributed by atoms with Gasteiger partial charge in [0.15, 0.2) is 17.3 Å². The molecule has 0 amide bonds. The standard InChI is InChI=1S/C14H13N5O2.ClH/c15-14(4-2-5-14)13-17-12(21-19-13)10-7-11(20-18-10)9-3-1-6-16-8-9;/h1,3,6-8H,2,4-5,15H2;1H. The van der Waals surface area contributed by atoms with E-state index in [0.717, 1.165) is 24.8 Å². The maximum absolute atomic E-state index is 6.17. The Bertz CT molecular complexity index is 766. The van der Waals surface area contributed by atoms with Crippen LogP contribution in [0.2, 0.25) is 0 Å². The van der Waals surface area contributed by atoms with Crippen LogP contribution in [-0.4, -0.2) is 20.3 Å². The summed E-state index contributed by atoms with van der Waals surface area (Å²) in [4.78, 5) is 8.38. The molecular formula is C14H14ClN5O2. The lowest BCUT2D eigenvalue weighted by Gasteiger charge is -2.34. The third-order valence-corrected chi connectivity index (χ3v) is 3.79. The summed E-state index contributed by atoms with van der Waals surface area (Å²) in [6.07, 6.45) is 6.25. The molecule has 8 heteroatoms. The molecule has 1 saturated carbocycles. The van der Waals surface area contributed by atoms with Crippen LogP contribution in [0.4, 0.5) is 0 Å². The number of rotatable bonds is 3. The summed E-state index contributed by atoms with van der Waals surface area (Å²) in [7, 11) is 0. The van der Waals surface area contributed by atoms with Crippen molar-refractivity contribution in [1.82, 2.24) is 20.3 Å². The molecule has 1 aliphatic rings. The van der Waals surface area contributed by atoms with Gasteiger partial charge in [-0.05, 0) is 31.4 Å². The summed E-state index contributed by atoms with van der Waals surface area (Å²) in [5, 5.41) is 7.93. The normalized spacial score (nSPS) is 15.9. The maximum Gasteiger partial charge on any atom is 0.280 e. The highest BCUT2D eigenvalue weighted by Crippen LogP contribution is 2.37. The molecule has 0 aromatic carbocycles. The molecule has 0 bridgehead atoms. The van der Waals surface area contributed by atoms with Gasteiger partial charge in [-0.15, -0.1) is 12.4 Å². The second kappa shape index (κ2) is 5.51. The first-order valence-corrected chi connectivity index (χ1v) is 6.75. The molecule has 7 nitrogen and oxygen atoms in total. The molecule has 1 fully saturated rings. The van der Waals surface area contributed by atoms with Crippen molar-refractivity contribution in [2.75, 3.05) is 0 Å². The minimum absolute atomic E-state index is 0. The fourth-order valence-corrected chi connectivity index (χ4v) is 2.33. The molecule has 0 spiro atoms. The van der Waals surface area contributed by atoms with Gasteiger partial charge in [0.05, 0.1) is 5.54 Å². The molecule has 4 rings (SSSR count). The Morgan fingerprint density at radius 3 is 2.73 bits per heavy atom. The van der Waals surface area contributed by atoms with E-state index in [-0.39, 0.29) is 12.4 Å². The van der Waals surface area contributed by atoms with Gasteiger partial charge < -0.3 is 14.8 Å². The van der Waals surface area contributed by atoms with Gasteiger partial charge in [0.1, 0.15) is 0 Å². The van der Waals surface area contributed by atoms with Crippen LogP contribution in [0, 0.1) is 0 Å². The molecule has 3 heterocycles. The number of nitrogens with zero attached hydrogens (tertiary/aromatic N) is 4. The average Bonchev–Trinajstić information content (AvgIpc) is 3.14. The number of nitrogens with two attached hydrogens (primary N) is 1. The van der Waals surface area contributed by atoms with E-state index in [9.17, 15) is 0 Å². The van der Waals surface area contributed by atoms with Crippen molar-refractivity contribution >= 4 is 12.4 Å². The van der Waals surface area contributed by atoms with Crippen molar-refractivity contribution in [3.05, 3.63) is 36.4 Å². The molecule has 1 aliphatic carbocycles. The lowest BCUT2D eigenvalue weighted by molar-refractivity contribution is 0.229. The largest absolute Gasteiger partial charge is 0.355 e. The summed E-state index contributed by atoms with van der Waals surface area (Å²) in [6.45, 7) is 0. The van der Waals surface area contributed by atoms with Crippen LogP contribution in [-0.2, 0) is 5.54 Å². The van der Waals surface area contributed by atoms with E-state index in [1.807, 2.05) is 12.1 Å². The van der Waals surface area contributed by atoms with E-state index in [1.54, 1.807) is 18.5 Å². The van der Waals surface area contributed by atoms with Crippen molar-refractivity contribution in [3.63, 3.8) is 0 Å². The van der Waals surface area contributed by atoms with Gasteiger partial charge in [-0.1, -0.05) is 10.3 Å². The Morgan fingerprint density at radius 2 is 2.05 bits per heavy atom. The fourth-order valence-electron chi connectivity index (χ4n) is 2.33. The summed E-state index contributed by atoms with van der Waals surface area (Å²) < 4.78 is 10.5. The molecule has 2 N–H and O–H groups in total. The van der Waals surface area contributed by atoms with Crippen molar-refractivity contribution in [2.24, 2.45) is 5.73 Å². The Morgan fingerprint density at radius 1 is 1.18 bits per heavy atom. The fraction of sp³-hybridized carbons (Fsp3) is 0.286. The molecule has 114 valence electrons. The van der Waals surface area contributed by atoms with E-state index in [2.05, 4.69) is 20.3 Å². The van der Waals surface area contributed by atoms with Crippen LogP contribution < -0.4 is 5.73 Å². The third kappa shape index (κ3) is 2.38. The second-order valence-corrected chi connectivity index (χ2v) is 5.25. The summed E-state index contributed by atoms with van der Waals surface area (Å²) in [5.41, 5.74) is 7.06. The van der Waals surface area contributed by atoms with E-state index < -0.39 is 5.54 Å². The van der Waals surface area contributed by atoms with Crippen LogP contribution in [0.15, 0.2) is 39.6 Å². The van der Waals surface area contributed by atoms with E-state index in [0.29, 0.717) is 23.2 Å². The third-order valence-electron chi connectivity index (χ3n) is 3.79. The monoisotopic (exact) mass is 319 g/mol. The van der Waals surface area contributed by atoms with Crippen LogP contribution in [0.3, 0.4) is 0 Å². The zero-order valence-electron chi connectivity index (χ0n) is 11.6. The number of hydrogen-bond donors (Lipinski definition) is 1. The van der Waals surface area contributed by atoms with Crippen molar-refractivity contribution in [1.29, 1.82) is 0 Å². The van der Waals surface area contributed by atoms with Gasteiger partial charge in [0, 0.05) is 24.0 Å². The summed E-state index contributed by atoms with van der Waals surface area (Å²) >= 11 is 0. The first kappa shape index (κ1) is 14.7. The summed E-state index contributed by atoms with van der Waals surface area (Å²) in [6, 6.07) is 5.47. The van der Waals surface area contributed by atoms with Crippen molar-refractivity contribution in [2.45, 2.75) is 24.8 Å². The molecule has 0 aliphatic heterocycles. The van der Waals surface area contributed by atoms with Gasteiger partial charge in [0.2, 0.25) is 0 Å². The van der Waals surface area contributed by atoms with Crippen molar-refractivity contribution < 1.29 is 9.05 Å². The number of hydrogen-bond acceptors (Lipinski definition) is 7. The van der Waals surface area contributed by atoms with Crippen LogP contribution in [0.5, 0.6) is 0 Å². The first-order chi connectivity index (χ1) is 10.2.